The lowest BCUT2D eigenvalue weighted by molar-refractivity contribution is -0.163. The SMILES string of the molecule is COC(=O)N=C(N)N(C(=O)OC)c1ccc(C(=O)NCC(=O)N2CCN(CC(=O)OC(C)(C)C)C(=O)[C@@H]2CCCNC(=O)OC(C)(C)C)cc1. The summed E-state index contributed by atoms with van der Waals surface area (Å²) in [6.45, 7) is 9.85. The molecule has 2 rings (SSSR count). The van der Waals surface area contributed by atoms with Gasteiger partial charge in [0.15, 0.2) is 0 Å². The Kier molecular flexibility index (Phi) is 14.5. The molecule has 50 heavy (non-hydrogen) atoms. The first kappa shape index (κ1) is 40.8. The number of nitrogens with zero attached hydrogens (tertiary/aromatic N) is 4. The number of carbonyl (C=O) groups is 7. The minimum Gasteiger partial charge on any atom is -0.459 e. The van der Waals surface area contributed by atoms with Gasteiger partial charge in [0.2, 0.25) is 17.8 Å². The molecule has 18 heteroatoms. The number of amides is 6. The highest BCUT2D eigenvalue weighted by Crippen LogP contribution is 2.19. The molecule has 0 radical (unpaired) electrons. The molecule has 1 aromatic carbocycles. The molecule has 0 unspecified atom stereocenters. The van der Waals surface area contributed by atoms with Crippen molar-refractivity contribution in [2.75, 3.05) is 51.8 Å². The van der Waals surface area contributed by atoms with Crippen molar-refractivity contribution in [3.05, 3.63) is 29.8 Å². The Bertz CT molecular complexity index is 1450. The standard InChI is InChI=1S/C32H47N7O11/c1-31(2,3)49-24(41)19-37-16-17-38(22(26(37)43)10-9-15-34-28(44)50-32(4,5)6)23(40)18-35-25(42)20-11-13-21(14-12-20)39(30(46)48-8)27(33)36-29(45)47-7/h11-14,22H,9-10,15-19H2,1-8H3,(H,34,44)(H,35,42)(H2,33,36,45)/t22-/m0/s1. The fourth-order valence-corrected chi connectivity index (χ4v) is 4.64. The topological polar surface area (TPSA) is 229 Å². The van der Waals surface area contributed by atoms with Crippen LogP contribution in [-0.2, 0) is 33.3 Å². The van der Waals surface area contributed by atoms with Crippen molar-refractivity contribution in [1.29, 1.82) is 0 Å². The highest BCUT2D eigenvalue weighted by Gasteiger charge is 2.38. The van der Waals surface area contributed by atoms with Gasteiger partial charge in [-0.05, 0) is 78.6 Å². The van der Waals surface area contributed by atoms with E-state index >= 15 is 0 Å². The molecule has 1 aliphatic rings. The van der Waals surface area contributed by atoms with Crippen LogP contribution in [0.1, 0.15) is 64.7 Å². The van der Waals surface area contributed by atoms with Crippen LogP contribution in [0.5, 0.6) is 0 Å². The summed E-state index contributed by atoms with van der Waals surface area (Å²) in [5.74, 6) is -2.79. The van der Waals surface area contributed by atoms with Gasteiger partial charge in [-0.15, -0.1) is 4.99 Å². The number of hydrogen-bond acceptors (Lipinski definition) is 11. The number of rotatable bonds is 10. The Morgan fingerprint density at radius 3 is 2.10 bits per heavy atom. The van der Waals surface area contributed by atoms with Crippen LogP contribution in [0, 0.1) is 0 Å². The summed E-state index contributed by atoms with van der Waals surface area (Å²) in [7, 11) is 2.18. The Morgan fingerprint density at radius 1 is 0.920 bits per heavy atom. The predicted octanol–water partition coefficient (Wildman–Crippen LogP) is 1.76. The normalized spacial score (nSPS) is 15.1. The average Bonchev–Trinajstić information content (AvgIpc) is 3.01. The number of piperazine rings is 1. The zero-order chi connectivity index (χ0) is 37.8. The fourth-order valence-electron chi connectivity index (χ4n) is 4.64. The maximum atomic E-state index is 13.5. The molecular weight excluding hydrogens is 658 g/mol. The van der Waals surface area contributed by atoms with Crippen molar-refractivity contribution in [2.45, 2.75) is 71.6 Å². The van der Waals surface area contributed by atoms with E-state index in [0.29, 0.717) is 6.42 Å². The second kappa shape index (κ2) is 17.8. The van der Waals surface area contributed by atoms with Crippen molar-refractivity contribution >= 4 is 53.6 Å². The quantitative estimate of drug-likeness (QED) is 0.104. The van der Waals surface area contributed by atoms with Crippen LogP contribution >= 0.6 is 0 Å². The highest BCUT2D eigenvalue weighted by molar-refractivity contribution is 6.15. The molecule has 4 N–H and O–H groups in total. The van der Waals surface area contributed by atoms with Gasteiger partial charge in [-0.1, -0.05) is 0 Å². The number of esters is 1. The molecule has 0 spiro atoms. The van der Waals surface area contributed by atoms with E-state index in [2.05, 4.69) is 20.4 Å². The predicted molar refractivity (Wildman–Crippen MR) is 179 cm³/mol. The van der Waals surface area contributed by atoms with Crippen LogP contribution < -0.4 is 21.3 Å². The van der Waals surface area contributed by atoms with Gasteiger partial charge in [-0.25, -0.2) is 19.3 Å². The van der Waals surface area contributed by atoms with Gasteiger partial charge in [0, 0.05) is 25.2 Å². The first-order valence-corrected chi connectivity index (χ1v) is 15.7. The second-order valence-corrected chi connectivity index (χ2v) is 13.0. The number of nitrogens with one attached hydrogen (secondary N) is 2. The summed E-state index contributed by atoms with van der Waals surface area (Å²) >= 11 is 0. The van der Waals surface area contributed by atoms with Crippen molar-refractivity contribution < 1.29 is 52.5 Å². The molecule has 276 valence electrons. The number of guanidine groups is 1. The van der Waals surface area contributed by atoms with E-state index in [-0.39, 0.29) is 43.9 Å². The van der Waals surface area contributed by atoms with Crippen molar-refractivity contribution in [3.8, 4) is 0 Å². The Labute approximate surface area is 290 Å². The minimum atomic E-state index is -1.05. The summed E-state index contributed by atoms with van der Waals surface area (Å²) in [4.78, 5) is 95.1. The monoisotopic (exact) mass is 705 g/mol. The number of aliphatic imine (C=N–C) groups is 1. The van der Waals surface area contributed by atoms with E-state index in [1.165, 1.54) is 34.1 Å². The number of hydrogen-bond donors (Lipinski definition) is 3. The molecule has 6 amide bonds. The largest absolute Gasteiger partial charge is 0.459 e. The molecule has 1 heterocycles. The lowest BCUT2D eigenvalue weighted by Crippen LogP contribution is -2.61. The van der Waals surface area contributed by atoms with E-state index in [9.17, 15) is 33.6 Å². The molecule has 1 aliphatic heterocycles. The zero-order valence-corrected chi connectivity index (χ0v) is 29.7. The molecule has 1 fully saturated rings. The first-order chi connectivity index (χ1) is 23.3. The lowest BCUT2D eigenvalue weighted by atomic mass is 10.0. The minimum absolute atomic E-state index is 0.0605. The zero-order valence-electron chi connectivity index (χ0n) is 29.7. The fraction of sp³-hybridized carbons (Fsp3) is 0.562. The number of carbonyl (C=O) groups excluding carboxylic acids is 7. The van der Waals surface area contributed by atoms with E-state index in [0.717, 1.165) is 19.1 Å². The van der Waals surface area contributed by atoms with Crippen LogP contribution in [0.15, 0.2) is 29.3 Å². The summed E-state index contributed by atoms with van der Waals surface area (Å²) < 4.78 is 19.7. The van der Waals surface area contributed by atoms with E-state index in [4.69, 9.17) is 19.9 Å². The molecule has 0 aliphatic carbocycles. The Balaban J connectivity index is 2.14. The van der Waals surface area contributed by atoms with Gasteiger partial charge in [-0.3, -0.25) is 19.2 Å². The van der Waals surface area contributed by atoms with Crippen LogP contribution in [0.4, 0.5) is 20.1 Å². The summed E-state index contributed by atoms with van der Waals surface area (Å²) in [5, 5.41) is 5.15. The Morgan fingerprint density at radius 2 is 1.54 bits per heavy atom. The third kappa shape index (κ3) is 12.9. The molecule has 1 aromatic rings. The molecule has 0 aromatic heterocycles. The van der Waals surface area contributed by atoms with Gasteiger partial charge >= 0.3 is 24.2 Å². The highest BCUT2D eigenvalue weighted by atomic mass is 16.6. The maximum absolute atomic E-state index is 13.5. The van der Waals surface area contributed by atoms with E-state index in [1.54, 1.807) is 41.5 Å². The van der Waals surface area contributed by atoms with Crippen LogP contribution in [0.2, 0.25) is 0 Å². The van der Waals surface area contributed by atoms with Gasteiger partial charge in [0.25, 0.3) is 5.91 Å². The van der Waals surface area contributed by atoms with Crippen LogP contribution in [0.3, 0.4) is 0 Å². The Hall–Kier alpha value is -5.42. The van der Waals surface area contributed by atoms with Crippen LogP contribution in [-0.4, -0.2) is 122 Å². The molecule has 18 nitrogen and oxygen atoms in total. The molecule has 1 saturated heterocycles. The maximum Gasteiger partial charge on any atom is 0.436 e. The third-order valence-electron chi connectivity index (χ3n) is 6.72. The van der Waals surface area contributed by atoms with Crippen molar-refractivity contribution in [1.82, 2.24) is 20.4 Å². The van der Waals surface area contributed by atoms with E-state index < -0.39 is 71.7 Å². The molecule has 0 saturated carbocycles. The second-order valence-electron chi connectivity index (χ2n) is 13.0. The summed E-state index contributed by atoms with van der Waals surface area (Å²) in [6, 6.07) is 4.40. The summed E-state index contributed by atoms with van der Waals surface area (Å²) in [5.41, 5.74) is 4.55. The number of methoxy groups -OCH3 is 2. The number of benzene rings is 1. The van der Waals surface area contributed by atoms with Gasteiger partial charge in [-0.2, -0.15) is 0 Å². The van der Waals surface area contributed by atoms with Crippen LogP contribution in [0.25, 0.3) is 0 Å². The molecular formula is C32H47N7O11. The lowest BCUT2D eigenvalue weighted by Gasteiger charge is -2.40. The molecule has 0 bridgehead atoms. The average molecular weight is 706 g/mol. The molecule has 1 atom stereocenters. The van der Waals surface area contributed by atoms with Gasteiger partial charge in [0.05, 0.1) is 26.5 Å². The summed E-state index contributed by atoms with van der Waals surface area (Å²) in [6.07, 6.45) is -2.19. The number of alkyl carbamates (subject to hydrolysis) is 1. The van der Waals surface area contributed by atoms with Gasteiger partial charge < -0.3 is 45.1 Å². The smallest absolute Gasteiger partial charge is 0.436 e. The third-order valence-corrected chi connectivity index (χ3v) is 6.72. The van der Waals surface area contributed by atoms with Gasteiger partial charge in [0.1, 0.15) is 23.8 Å². The number of nitrogens with two attached hydrogens (primary N) is 1. The van der Waals surface area contributed by atoms with Crippen molar-refractivity contribution in [2.24, 2.45) is 10.7 Å². The van der Waals surface area contributed by atoms with E-state index in [1.807, 2.05) is 0 Å². The number of anilines is 1. The number of ether oxygens (including phenoxy) is 4. The van der Waals surface area contributed by atoms with Crippen molar-refractivity contribution in [3.63, 3.8) is 0 Å². The first-order valence-electron chi connectivity index (χ1n) is 15.7.